The van der Waals surface area contributed by atoms with Crippen LogP contribution in [0.25, 0.3) is 0 Å². The van der Waals surface area contributed by atoms with E-state index in [0.717, 1.165) is 5.56 Å². The van der Waals surface area contributed by atoms with Gasteiger partial charge in [-0.2, -0.15) is 5.10 Å². The number of amides is 1. The van der Waals surface area contributed by atoms with Crippen molar-refractivity contribution in [3.8, 4) is 0 Å². The van der Waals surface area contributed by atoms with Crippen LogP contribution in [0.15, 0.2) is 59.7 Å². The van der Waals surface area contributed by atoms with Gasteiger partial charge in [0.2, 0.25) is 0 Å². The minimum Gasteiger partial charge on any atom is -0.464 e. The standard InChI is InChI=1S/C19H18N2O4/c1-13-8-10-14(11-9-13)17(22)12-16(19(24)25-2)20-21-18(23)15-6-4-3-5-7-15/h3-11H,12H2,1-2H3,(H,21,23)/b20-16+. The molecule has 6 heteroatoms. The zero-order chi connectivity index (χ0) is 18.2. The van der Waals surface area contributed by atoms with Gasteiger partial charge in [-0.25, -0.2) is 10.2 Å². The third-order valence-corrected chi connectivity index (χ3v) is 3.45. The van der Waals surface area contributed by atoms with Crippen LogP contribution in [0.2, 0.25) is 0 Å². The summed E-state index contributed by atoms with van der Waals surface area (Å²) in [6.45, 7) is 1.91. The molecule has 0 aliphatic carbocycles. The van der Waals surface area contributed by atoms with Crippen LogP contribution < -0.4 is 5.43 Å². The van der Waals surface area contributed by atoms with E-state index >= 15 is 0 Å². The smallest absolute Gasteiger partial charge is 0.354 e. The second kappa shape index (κ2) is 8.54. The highest BCUT2D eigenvalue weighted by Gasteiger charge is 2.18. The first-order valence-electron chi connectivity index (χ1n) is 7.61. The Balaban J connectivity index is 2.12. The van der Waals surface area contributed by atoms with Gasteiger partial charge < -0.3 is 4.74 Å². The summed E-state index contributed by atoms with van der Waals surface area (Å²) < 4.78 is 4.63. The lowest BCUT2D eigenvalue weighted by Crippen LogP contribution is -2.26. The first kappa shape index (κ1) is 18.1. The van der Waals surface area contributed by atoms with Crippen molar-refractivity contribution in [2.75, 3.05) is 7.11 Å². The topological polar surface area (TPSA) is 84.8 Å². The number of hydrazone groups is 1. The van der Waals surface area contributed by atoms with Crippen molar-refractivity contribution >= 4 is 23.4 Å². The number of aryl methyl sites for hydroxylation is 1. The van der Waals surface area contributed by atoms with Crippen LogP contribution in [0.1, 0.15) is 32.7 Å². The molecule has 0 spiro atoms. The van der Waals surface area contributed by atoms with Gasteiger partial charge in [-0.1, -0.05) is 48.0 Å². The Morgan fingerprint density at radius 1 is 0.960 bits per heavy atom. The maximum absolute atomic E-state index is 12.3. The second-order valence-electron chi connectivity index (χ2n) is 5.32. The van der Waals surface area contributed by atoms with Gasteiger partial charge in [-0.15, -0.1) is 0 Å². The summed E-state index contributed by atoms with van der Waals surface area (Å²) in [5.74, 6) is -1.54. The van der Waals surface area contributed by atoms with E-state index in [1.807, 2.05) is 6.92 Å². The Bertz CT molecular complexity index is 796. The predicted molar refractivity (Wildman–Crippen MR) is 93.5 cm³/mol. The number of benzene rings is 2. The molecule has 0 radical (unpaired) electrons. The quantitative estimate of drug-likeness (QED) is 0.380. The Morgan fingerprint density at radius 3 is 2.20 bits per heavy atom. The van der Waals surface area contributed by atoms with Gasteiger partial charge in [0, 0.05) is 11.1 Å². The monoisotopic (exact) mass is 338 g/mol. The zero-order valence-electron chi connectivity index (χ0n) is 14.0. The SMILES string of the molecule is COC(=O)/C(CC(=O)c1ccc(C)cc1)=N/NC(=O)c1ccccc1. The summed E-state index contributed by atoms with van der Waals surface area (Å²) in [6.07, 6.45) is -0.273. The maximum atomic E-state index is 12.3. The van der Waals surface area contributed by atoms with Crippen molar-refractivity contribution in [3.63, 3.8) is 0 Å². The molecule has 0 heterocycles. The van der Waals surface area contributed by atoms with E-state index in [2.05, 4.69) is 15.3 Å². The van der Waals surface area contributed by atoms with Gasteiger partial charge in [0.25, 0.3) is 5.91 Å². The molecule has 128 valence electrons. The van der Waals surface area contributed by atoms with Gasteiger partial charge in [-0.05, 0) is 19.1 Å². The minimum absolute atomic E-state index is 0.169. The number of hydrogen-bond donors (Lipinski definition) is 1. The summed E-state index contributed by atoms with van der Waals surface area (Å²) in [6, 6.07) is 15.4. The number of rotatable bonds is 6. The van der Waals surface area contributed by atoms with E-state index in [1.165, 1.54) is 7.11 Å². The van der Waals surface area contributed by atoms with Crippen molar-refractivity contribution in [1.29, 1.82) is 0 Å². The lowest BCUT2D eigenvalue weighted by atomic mass is 10.0. The number of methoxy groups -OCH3 is 1. The van der Waals surface area contributed by atoms with Crippen LogP contribution >= 0.6 is 0 Å². The number of Topliss-reactive ketones (excluding diaryl/α,β-unsaturated/α-hetero) is 1. The Kier molecular flexibility index (Phi) is 6.17. The molecular formula is C19H18N2O4. The third kappa shape index (κ3) is 5.10. The van der Waals surface area contributed by atoms with Gasteiger partial charge in [0.15, 0.2) is 11.5 Å². The van der Waals surface area contributed by atoms with E-state index in [9.17, 15) is 14.4 Å². The molecule has 1 N–H and O–H groups in total. The van der Waals surface area contributed by atoms with Crippen LogP contribution in [0, 0.1) is 6.92 Å². The molecule has 25 heavy (non-hydrogen) atoms. The first-order valence-corrected chi connectivity index (χ1v) is 7.61. The van der Waals surface area contributed by atoms with Crippen LogP contribution in [0.4, 0.5) is 0 Å². The molecule has 0 aliphatic heterocycles. The number of nitrogens with zero attached hydrogens (tertiary/aromatic N) is 1. The van der Waals surface area contributed by atoms with Crippen molar-refractivity contribution in [2.45, 2.75) is 13.3 Å². The fraction of sp³-hybridized carbons (Fsp3) is 0.158. The highest BCUT2D eigenvalue weighted by molar-refractivity contribution is 6.40. The Hall–Kier alpha value is -3.28. The second-order valence-corrected chi connectivity index (χ2v) is 5.32. The fourth-order valence-electron chi connectivity index (χ4n) is 2.04. The van der Waals surface area contributed by atoms with Crippen molar-refractivity contribution in [2.24, 2.45) is 5.10 Å². The Labute approximate surface area is 145 Å². The molecule has 0 saturated heterocycles. The van der Waals surface area contributed by atoms with Gasteiger partial charge in [0.05, 0.1) is 13.5 Å². The van der Waals surface area contributed by atoms with Crippen molar-refractivity contribution in [1.82, 2.24) is 5.43 Å². The van der Waals surface area contributed by atoms with Gasteiger partial charge in [-0.3, -0.25) is 9.59 Å². The molecule has 0 fully saturated rings. The maximum Gasteiger partial charge on any atom is 0.354 e. The zero-order valence-corrected chi connectivity index (χ0v) is 14.0. The van der Waals surface area contributed by atoms with E-state index in [1.54, 1.807) is 54.6 Å². The average Bonchev–Trinajstić information content (AvgIpc) is 2.65. The summed E-state index contributed by atoms with van der Waals surface area (Å²) in [5.41, 5.74) is 3.97. The molecule has 0 unspecified atom stereocenters. The molecule has 0 atom stereocenters. The molecule has 2 aromatic rings. The number of carbonyl (C=O) groups is 3. The number of carbonyl (C=O) groups excluding carboxylic acids is 3. The fourth-order valence-corrected chi connectivity index (χ4v) is 2.04. The predicted octanol–water partition coefficient (Wildman–Crippen LogP) is 2.53. The first-order chi connectivity index (χ1) is 12.0. The van der Waals surface area contributed by atoms with Gasteiger partial charge in [0.1, 0.15) is 0 Å². The number of ketones is 1. The molecule has 6 nitrogen and oxygen atoms in total. The van der Waals surface area contributed by atoms with Crippen LogP contribution in [0.5, 0.6) is 0 Å². The molecule has 1 amide bonds. The highest BCUT2D eigenvalue weighted by Crippen LogP contribution is 2.07. The highest BCUT2D eigenvalue weighted by atomic mass is 16.5. The molecule has 0 aliphatic rings. The summed E-state index contributed by atoms with van der Waals surface area (Å²) >= 11 is 0. The number of hydrogen-bond acceptors (Lipinski definition) is 5. The molecule has 0 saturated carbocycles. The summed E-state index contributed by atoms with van der Waals surface area (Å²) in [5, 5.41) is 3.78. The van der Waals surface area contributed by atoms with Crippen LogP contribution in [0.3, 0.4) is 0 Å². The van der Waals surface area contributed by atoms with Crippen molar-refractivity contribution in [3.05, 3.63) is 71.3 Å². The number of nitrogens with one attached hydrogen (secondary N) is 1. The van der Waals surface area contributed by atoms with Crippen LogP contribution in [-0.2, 0) is 9.53 Å². The lowest BCUT2D eigenvalue weighted by molar-refractivity contribution is -0.132. The molecule has 0 bridgehead atoms. The molecular weight excluding hydrogens is 320 g/mol. The number of esters is 1. The van der Waals surface area contributed by atoms with Gasteiger partial charge >= 0.3 is 5.97 Å². The largest absolute Gasteiger partial charge is 0.464 e. The minimum atomic E-state index is -0.770. The molecule has 2 aromatic carbocycles. The molecule has 2 rings (SSSR count). The van der Waals surface area contributed by atoms with Crippen molar-refractivity contribution < 1.29 is 19.1 Å². The summed E-state index contributed by atoms with van der Waals surface area (Å²) in [4.78, 5) is 36.1. The third-order valence-electron chi connectivity index (χ3n) is 3.45. The normalized spacial score (nSPS) is 10.9. The number of ether oxygens (including phenoxy) is 1. The van der Waals surface area contributed by atoms with E-state index in [0.29, 0.717) is 11.1 Å². The molecule has 0 aromatic heterocycles. The van der Waals surface area contributed by atoms with E-state index in [-0.39, 0.29) is 17.9 Å². The van der Waals surface area contributed by atoms with E-state index in [4.69, 9.17) is 0 Å². The summed E-state index contributed by atoms with van der Waals surface area (Å²) in [7, 11) is 1.19. The Morgan fingerprint density at radius 2 is 1.60 bits per heavy atom. The lowest BCUT2D eigenvalue weighted by Gasteiger charge is -2.06. The average molecular weight is 338 g/mol. The van der Waals surface area contributed by atoms with Crippen LogP contribution in [-0.4, -0.2) is 30.5 Å². The van der Waals surface area contributed by atoms with E-state index < -0.39 is 11.9 Å².